The molecule has 0 amide bonds. The minimum atomic E-state index is -0.852. The Morgan fingerprint density at radius 2 is 1.68 bits per heavy atom. The second-order valence-corrected chi connectivity index (χ2v) is 10.3. The summed E-state index contributed by atoms with van der Waals surface area (Å²) in [5.74, 6) is 0.907. The summed E-state index contributed by atoms with van der Waals surface area (Å²) in [5.41, 5.74) is 0.873. The number of rotatable bonds is 6. The maximum atomic E-state index is 9.14. The van der Waals surface area contributed by atoms with Crippen molar-refractivity contribution in [2.45, 2.75) is 57.8 Å². The Labute approximate surface area is 119 Å². The molecule has 1 rings (SSSR count). The summed E-state index contributed by atoms with van der Waals surface area (Å²) in [6.07, 6.45) is 0.645. The van der Waals surface area contributed by atoms with Gasteiger partial charge in [0, 0.05) is 15.4 Å². The Bertz CT molecular complexity index is 411. The summed E-state index contributed by atoms with van der Waals surface area (Å²) in [4.78, 5) is 0. The second kappa shape index (κ2) is 6.10. The van der Waals surface area contributed by atoms with Gasteiger partial charge in [-0.25, -0.2) is 0 Å². The van der Waals surface area contributed by atoms with Crippen LogP contribution >= 0.6 is 0 Å². The van der Waals surface area contributed by atoms with Crippen molar-refractivity contribution in [2.75, 3.05) is 6.61 Å². The average molecular weight is 280 g/mol. The molecule has 0 fully saturated rings. The highest BCUT2D eigenvalue weighted by molar-refractivity contribution is 6.59. The van der Waals surface area contributed by atoms with E-state index in [1.54, 1.807) is 0 Å². The number of hydrogen-bond acceptors (Lipinski definition) is 2. The standard InChI is InChI=1S/C16H28O2Si/c1-15(2,16(3,4)19(5)6)18-14-10-8-7-9-13(14)11-12-17/h7-10,17,19H,11-12H2,1-6H3. The van der Waals surface area contributed by atoms with Crippen molar-refractivity contribution in [1.82, 2.24) is 0 Å². The van der Waals surface area contributed by atoms with Gasteiger partial charge in [-0.1, -0.05) is 45.1 Å². The maximum Gasteiger partial charge on any atom is 0.123 e. The van der Waals surface area contributed by atoms with Crippen LogP contribution in [0.2, 0.25) is 18.1 Å². The van der Waals surface area contributed by atoms with Gasteiger partial charge in [0.2, 0.25) is 0 Å². The first-order valence-corrected chi connectivity index (χ1v) is 9.99. The maximum absolute atomic E-state index is 9.14. The summed E-state index contributed by atoms with van der Waals surface area (Å²) in [6, 6.07) is 8.02. The van der Waals surface area contributed by atoms with Crippen LogP contribution < -0.4 is 4.74 Å². The Morgan fingerprint density at radius 1 is 1.11 bits per heavy atom. The average Bonchev–Trinajstić information content (AvgIpc) is 2.31. The molecule has 0 atom stereocenters. The van der Waals surface area contributed by atoms with Crippen molar-refractivity contribution in [2.24, 2.45) is 0 Å². The van der Waals surface area contributed by atoms with E-state index in [2.05, 4.69) is 40.8 Å². The number of aliphatic hydroxyl groups is 1. The summed E-state index contributed by atoms with van der Waals surface area (Å²) >= 11 is 0. The summed E-state index contributed by atoms with van der Waals surface area (Å²) in [7, 11) is -0.852. The fourth-order valence-corrected chi connectivity index (χ4v) is 3.48. The van der Waals surface area contributed by atoms with E-state index >= 15 is 0 Å². The molecule has 0 aliphatic carbocycles. The van der Waals surface area contributed by atoms with E-state index < -0.39 is 8.80 Å². The van der Waals surface area contributed by atoms with Crippen molar-refractivity contribution in [3.8, 4) is 5.75 Å². The molecule has 0 unspecified atom stereocenters. The molecule has 1 aromatic rings. The monoisotopic (exact) mass is 280 g/mol. The van der Waals surface area contributed by atoms with Gasteiger partial charge in [0.15, 0.2) is 0 Å². The van der Waals surface area contributed by atoms with E-state index in [9.17, 15) is 0 Å². The Balaban J connectivity index is 3.01. The molecule has 3 heteroatoms. The van der Waals surface area contributed by atoms with E-state index in [1.807, 2.05) is 24.3 Å². The van der Waals surface area contributed by atoms with Crippen LogP contribution in [-0.4, -0.2) is 26.1 Å². The van der Waals surface area contributed by atoms with E-state index in [-0.39, 0.29) is 17.2 Å². The van der Waals surface area contributed by atoms with Gasteiger partial charge in [-0.3, -0.25) is 0 Å². The van der Waals surface area contributed by atoms with E-state index in [1.165, 1.54) is 0 Å². The van der Waals surface area contributed by atoms with Crippen LogP contribution in [0.1, 0.15) is 33.3 Å². The van der Waals surface area contributed by atoms with Gasteiger partial charge in [0.1, 0.15) is 11.4 Å². The third-order valence-corrected chi connectivity index (χ3v) is 8.30. The van der Waals surface area contributed by atoms with Gasteiger partial charge >= 0.3 is 0 Å². The van der Waals surface area contributed by atoms with Crippen LogP contribution in [0.3, 0.4) is 0 Å². The fraction of sp³-hybridized carbons (Fsp3) is 0.625. The molecule has 0 aromatic heterocycles. The molecule has 0 aliphatic rings. The summed E-state index contributed by atoms with van der Waals surface area (Å²) < 4.78 is 6.34. The first-order chi connectivity index (χ1) is 8.72. The zero-order valence-corrected chi connectivity index (χ0v) is 14.3. The zero-order chi connectivity index (χ0) is 14.7. The molecule has 0 spiro atoms. The molecule has 1 N–H and O–H groups in total. The normalized spacial score (nSPS) is 12.8. The van der Waals surface area contributed by atoms with Gasteiger partial charge in [0.25, 0.3) is 0 Å². The van der Waals surface area contributed by atoms with Gasteiger partial charge in [-0.15, -0.1) is 0 Å². The van der Waals surface area contributed by atoms with Crippen LogP contribution in [-0.2, 0) is 6.42 Å². The van der Waals surface area contributed by atoms with E-state index in [0.29, 0.717) is 6.42 Å². The molecule has 0 heterocycles. The lowest BCUT2D eigenvalue weighted by molar-refractivity contribution is 0.0651. The van der Waals surface area contributed by atoms with E-state index in [0.717, 1.165) is 11.3 Å². The number of aliphatic hydroxyl groups excluding tert-OH is 1. The molecule has 1 aromatic carbocycles. The molecule has 0 aliphatic heterocycles. The molecule has 0 radical (unpaired) electrons. The van der Waals surface area contributed by atoms with E-state index in [4.69, 9.17) is 9.84 Å². The summed E-state index contributed by atoms with van der Waals surface area (Å²) in [6.45, 7) is 13.8. The zero-order valence-electron chi connectivity index (χ0n) is 13.2. The lowest BCUT2D eigenvalue weighted by Crippen LogP contribution is -2.46. The van der Waals surface area contributed by atoms with Crippen LogP contribution in [0.5, 0.6) is 5.75 Å². The van der Waals surface area contributed by atoms with Crippen molar-refractivity contribution in [3.63, 3.8) is 0 Å². The molecular weight excluding hydrogens is 252 g/mol. The van der Waals surface area contributed by atoms with Crippen molar-refractivity contribution >= 4 is 8.80 Å². The largest absolute Gasteiger partial charge is 0.487 e. The smallest absolute Gasteiger partial charge is 0.123 e. The minimum Gasteiger partial charge on any atom is -0.487 e. The molecular formula is C16H28O2Si. The molecule has 0 bridgehead atoms. The van der Waals surface area contributed by atoms with Gasteiger partial charge < -0.3 is 9.84 Å². The lowest BCUT2D eigenvalue weighted by atomic mass is 9.92. The minimum absolute atomic E-state index is 0.156. The Kier molecular flexibility index (Phi) is 5.22. The van der Waals surface area contributed by atoms with Crippen molar-refractivity contribution < 1.29 is 9.84 Å². The highest BCUT2D eigenvalue weighted by Gasteiger charge is 2.42. The first-order valence-electron chi connectivity index (χ1n) is 7.10. The second-order valence-electron chi connectivity index (χ2n) is 6.57. The molecule has 108 valence electrons. The third kappa shape index (κ3) is 3.60. The van der Waals surface area contributed by atoms with Gasteiger partial charge in [-0.05, 0) is 36.9 Å². The van der Waals surface area contributed by atoms with Crippen molar-refractivity contribution in [3.05, 3.63) is 29.8 Å². The number of hydrogen-bond donors (Lipinski definition) is 1. The molecule has 2 nitrogen and oxygen atoms in total. The van der Waals surface area contributed by atoms with Crippen LogP contribution in [0.15, 0.2) is 24.3 Å². The van der Waals surface area contributed by atoms with Crippen LogP contribution in [0, 0.1) is 0 Å². The Morgan fingerprint density at radius 3 is 2.21 bits per heavy atom. The molecule has 0 saturated heterocycles. The molecule has 0 saturated carbocycles. The van der Waals surface area contributed by atoms with Gasteiger partial charge in [-0.2, -0.15) is 0 Å². The highest BCUT2D eigenvalue weighted by Crippen LogP contribution is 2.44. The lowest BCUT2D eigenvalue weighted by Gasteiger charge is -2.44. The molecule has 19 heavy (non-hydrogen) atoms. The first kappa shape index (κ1) is 16.3. The predicted molar refractivity (Wildman–Crippen MR) is 84.9 cm³/mol. The number of para-hydroxylation sites is 1. The Hall–Kier alpha value is -0.803. The summed E-state index contributed by atoms with van der Waals surface area (Å²) in [5, 5.41) is 9.34. The van der Waals surface area contributed by atoms with Crippen LogP contribution in [0.25, 0.3) is 0 Å². The predicted octanol–water partition coefficient (Wildman–Crippen LogP) is 3.65. The SMILES string of the molecule is C[SiH](C)C(C)(C)C(C)(C)Oc1ccccc1CCO. The third-order valence-electron chi connectivity index (χ3n) is 4.71. The topological polar surface area (TPSA) is 29.5 Å². The quantitative estimate of drug-likeness (QED) is 0.806. The van der Waals surface area contributed by atoms with Crippen LogP contribution in [0.4, 0.5) is 0 Å². The fourth-order valence-electron chi connectivity index (χ4n) is 2.03. The number of ether oxygens (including phenoxy) is 1. The highest BCUT2D eigenvalue weighted by atomic mass is 28.3. The van der Waals surface area contributed by atoms with Gasteiger partial charge in [0.05, 0.1) is 0 Å². The number of benzene rings is 1. The van der Waals surface area contributed by atoms with Crippen molar-refractivity contribution in [1.29, 1.82) is 0 Å².